The molecule has 0 aliphatic heterocycles. The molecule has 0 nitrogen and oxygen atoms in total. The van der Waals surface area contributed by atoms with Crippen molar-refractivity contribution in [3.63, 3.8) is 0 Å². The van der Waals surface area contributed by atoms with Crippen molar-refractivity contribution in [2.75, 3.05) is 0 Å². The summed E-state index contributed by atoms with van der Waals surface area (Å²) in [6, 6.07) is 19.1. The molecule has 1 aliphatic rings. The highest BCUT2D eigenvalue weighted by Gasteiger charge is 2.29. The standard InChI is InChI=1S/C27H29Cl/c1-3-5-18-27(19-16-23-14-12-22(9-4-2)13-15-23)20-17-25(26(28)21-27)24-10-7-6-8-11-24/h6-8,10-15,17,20H,3-5,9,18,21H2,1-2H3. The third-order valence-electron chi connectivity index (χ3n) is 5.34. The molecule has 0 saturated heterocycles. The highest BCUT2D eigenvalue weighted by molar-refractivity contribution is 6.33. The fourth-order valence-corrected chi connectivity index (χ4v) is 4.10. The Bertz CT molecular complexity index is 891. The van der Waals surface area contributed by atoms with Gasteiger partial charge in [-0.05, 0) is 41.7 Å². The number of halogens is 1. The maximum Gasteiger partial charge on any atom is 0.0549 e. The van der Waals surface area contributed by atoms with Gasteiger partial charge in [0.05, 0.1) is 5.41 Å². The summed E-state index contributed by atoms with van der Waals surface area (Å²) in [7, 11) is 0. The van der Waals surface area contributed by atoms with E-state index in [1.807, 2.05) is 6.07 Å². The van der Waals surface area contributed by atoms with E-state index >= 15 is 0 Å². The molecule has 1 aliphatic carbocycles. The quantitative estimate of drug-likeness (QED) is 0.443. The van der Waals surface area contributed by atoms with E-state index in [1.165, 1.54) is 17.5 Å². The molecule has 2 aromatic rings. The molecule has 1 unspecified atom stereocenters. The van der Waals surface area contributed by atoms with E-state index in [-0.39, 0.29) is 5.41 Å². The van der Waals surface area contributed by atoms with Crippen LogP contribution < -0.4 is 0 Å². The van der Waals surface area contributed by atoms with Crippen molar-refractivity contribution in [1.82, 2.24) is 0 Å². The summed E-state index contributed by atoms with van der Waals surface area (Å²) in [6.07, 6.45) is 10.9. The minimum atomic E-state index is -0.173. The number of allylic oxidation sites excluding steroid dienone is 4. The summed E-state index contributed by atoms with van der Waals surface area (Å²) < 4.78 is 0. The molecule has 2 aromatic carbocycles. The van der Waals surface area contributed by atoms with Crippen LogP contribution in [0.1, 0.15) is 62.6 Å². The molecular weight excluding hydrogens is 360 g/mol. The van der Waals surface area contributed by atoms with Crippen LogP contribution in [0.15, 0.2) is 71.8 Å². The van der Waals surface area contributed by atoms with Gasteiger partial charge in [-0.1, -0.05) is 111 Å². The van der Waals surface area contributed by atoms with Gasteiger partial charge in [0.25, 0.3) is 0 Å². The largest absolute Gasteiger partial charge is 0.0884 e. The molecule has 0 saturated carbocycles. The summed E-state index contributed by atoms with van der Waals surface area (Å²) in [5.41, 5.74) is 4.59. The van der Waals surface area contributed by atoms with Crippen LogP contribution in [0.25, 0.3) is 5.57 Å². The van der Waals surface area contributed by atoms with Gasteiger partial charge in [0.2, 0.25) is 0 Å². The lowest BCUT2D eigenvalue weighted by Gasteiger charge is -2.29. The molecule has 1 heteroatoms. The third-order valence-corrected chi connectivity index (χ3v) is 5.68. The molecule has 0 bridgehead atoms. The van der Waals surface area contributed by atoms with E-state index in [0.29, 0.717) is 0 Å². The average molecular weight is 389 g/mol. The van der Waals surface area contributed by atoms with Crippen molar-refractivity contribution < 1.29 is 0 Å². The lowest BCUT2D eigenvalue weighted by Crippen LogP contribution is -2.19. The second-order valence-corrected chi connectivity index (χ2v) is 8.11. The molecule has 28 heavy (non-hydrogen) atoms. The molecule has 0 N–H and O–H groups in total. The zero-order valence-electron chi connectivity index (χ0n) is 17.0. The zero-order chi connectivity index (χ0) is 19.8. The number of hydrogen-bond donors (Lipinski definition) is 0. The van der Waals surface area contributed by atoms with Crippen molar-refractivity contribution in [3.05, 3.63) is 88.5 Å². The predicted molar refractivity (Wildman–Crippen MR) is 122 cm³/mol. The van der Waals surface area contributed by atoms with Gasteiger partial charge < -0.3 is 0 Å². The van der Waals surface area contributed by atoms with Crippen LogP contribution in [0.3, 0.4) is 0 Å². The number of rotatable bonds is 6. The van der Waals surface area contributed by atoms with Gasteiger partial charge in [-0.2, -0.15) is 0 Å². The highest BCUT2D eigenvalue weighted by atomic mass is 35.5. The van der Waals surface area contributed by atoms with Crippen LogP contribution in [-0.2, 0) is 6.42 Å². The van der Waals surface area contributed by atoms with Gasteiger partial charge in [-0.25, -0.2) is 0 Å². The highest BCUT2D eigenvalue weighted by Crippen LogP contribution is 2.42. The fourth-order valence-electron chi connectivity index (χ4n) is 3.69. The maximum atomic E-state index is 6.78. The lowest BCUT2D eigenvalue weighted by atomic mass is 9.75. The minimum absolute atomic E-state index is 0.173. The Morgan fingerprint density at radius 1 is 0.964 bits per heavy atom. The van der Waals surface area contributed by atoms with Gasteiger partial charge in [-0.15, -0.1) is 0 Å². The van der Waals surface area contributed by atoms with E-state index in [1.54, 1.807) is 0 Å². The van der Waals surface area contributed by atoms with Gasteiger partial charge >= 0.3 is 0 Å². The molecule has 0 fully saturated rings. The van der Waals surface area contributed by atoms with Crippen LogP contribution >= 0.6 is 11.6 Å². The molecule has 0 amide bonds. The van der Waals surface area contributed by atoms with Gasteiger partial charge in [0.1, 0.15) is 0 Å². The van der Waals surface area contributed by atoms with Crippen molar-refractivity contribution in [2.45, 2.75) is 52.4 Å². The number of unbranched alkanes of at least 4 members (excludes halogenated alkanes) is 1. The van der Waals surface area contributed by atoms with Crippen LogP contribution in [-0.4, -0.2) is 0 Å². The Morgan fingerprint density at radius 2 is 1.71 bits per heavy atom. The van der Waals surface area contributed by atoms with Crippen LogP contribution in [0.2, 0.25) is 0 Å². The second-order valence-electron chi connectivity index (χ2n) is 7.65. The van der Waals surface area contributed by atoms with Crippen LogP contribution in [0.4, 0.5) is 0 Å². The van der Waals surface area contributed by atoms with Gasteiger partial charge in [0.15, 0.2) is 0 Å². The van der Waals surface area contributed by atoms with Crippen molar-refractivity contribution in [1.29, 1.82) is 0 Å². The SMILES string of the molecule is CCCCC1(C#Cc2ccc(CCC)cc2)C=CC(c2ccccc2)=C(Cl)C1. The summed E-state index contributed by atoms with van der Waals surface area (Å²) >= 11 is 6.78. The first-order chi connectivity index (χ1) is 13.7. The Labute approximate surface area is 175 Å². The molecule has 1 atom stereocenters. The maximum absolute atomic E-state index is 6.78. The fraction of sp³-hybridized carbons (Fsp3) is 0.333. The Kier molecular flexibility index (Phi) is 7.18. The topological polar surface area (TPSA) is 0 Å². The predicted octanol–water partition coefficient (Wildman–Crippen LogP) is 7.78. The van der Waals surface area contributed by atoms with E-state index in [4.69, 9.17) is 11.6 Å². The molecule has 144 valence electrons. The van der Waals surface area contributed by atoms with Crippen molar-refractivity contribution >= 4 is 17.2 Å². The molecule has 3 rings (SSSR count). The van der Waals surface area contributed by atoms with Crippen LogP contribution in [0, 0.1) is 17.3 Å². The molecule has 0 spiro atoms. The smallest absolute Gasteiger partial charge is 0.0549 e. The first kappa shape index (κ1) is 20.5. The molecule has 0 heterocycles. The zero-order valence-corrected chi connectivity index (χ0v) is 17.7. The van der Waals surface area contributed by atoms with E-state index in [9.17, 15) is 0 Å². The van der Waals surface area contributed by atoms with E-state index < -0.39 is 0 Å². The molecule has 0 aromatic heterocycles. The van der Waals surface area contributed by atoms with Gasteiger partial charge in [-0.3, -0.25) is 0 Å². The van der Waals surface area contributed by atoms with E-state index in [2.05, 4.69) is 86.4 Å². The summed E-state index contributed by atoms with van der Waals surface area (Å²) in [5, 5.41) is 0.914. The van der Waals surface area contributed by atoms with Crippen molar-refractivity contribution in [3.8, 4) is 11.8 Å². The van der Waals surface area contributed by atoms with E-state index in [0.717, 1.165) is 48.3 Å². The minimum Gasteiger partial charge on any atom is -0.0884 e. The number of aryl methyl sites for hydroxylation is 1. The molecular formula is C27H29Cl. The average Bonchev–Trinajstić information content (AvgIpc) is 2.73. The second kappa shape index (κ2) is 9.81. The lowest BCUT2D eigenvalue weighted by molar-refractivity contribution is 0.448. The summed E-state index contributed by atoms with van der Waals surface area (Å²) in [5.74, 6) is 7.01. The summed E-state index contributed by atoms with van der Waals surface area (Å²) in [4.78, 5) is 0. The van der Waals surface area contributed by atoms with Crippen molar-refractivity contribution in [2.24, 2.45) is 5.41 Å². The Morgan fingerprint density at radius 3 is 2.36 bits per heavy atom. The summed E-state index contributed by atoms with van der Waals surface area (Å²) in [6.45, 7) is 4.44. The monoisotopic (exact) mass is 388 g/mol. The first-order valence-electron chi connectivity index (χ1n) is 10.4. The first-order valence-corrected chi connectivity index (χ1v) is 10.8. The van der Waals surface area contributed by atoms with Gasteiger partial charge in [0, 0.05) is 17.0 Å². The third kappa shape index (κ3) is 5.18. The Balaban J connectivity index is 1.85. The normalized spacial score (nSPS) is 18.7. The molecule has 0 radical (unpaired) electrons. The number of benzene rings is 2. The van der Waals surface area contributed by atoms with Crippen LogP contribution in [0.5, 0.6) is 0 Å². The Hall–Kier alpha value is -2.23. The number of hydrogen-bond acceptors (Lipinski definition) is 0.